The van der Waals surface area contributed by atoms with Crippen LogP contribution in [0.15, 0.2) is 4.99 Å². The van der Waals surface area contributed by atoms with Crippen molar-refractivity contribution in [3.63, 3.8) is 0 Å². The molecular weight excluding hydrogens is 225 g/mol. The lowest BCUT2D eigenvalue weighted by Crippen LogP contribution is -2.08. The van der Waals surface area contributed by atoms with Gasteiger partial charge in [0, 0.05) is 0 Å². The molecule has 0 bridgehead atoms. The molecular formula is C7H12IN. The van der Waals surface area contributed by atoms with Crippen LogP contribution in [-0.2, 0) is 0 Å². The van der Waals surface area contributed by atoms with E-state index in [1.54, 1.807) is 0 Å². The van der Waals surface area contributed by atoms with Gasteiger partial charge in [0.1, 0.15) is 0 Å². The van der Waals surface area contributed by atoms with Gasteiger partial charge in [0.05, 0.1) is 10.3 Å². The van der Waals surface area contributed by atoms with Crippen molar-refractivity contribution in [2.45, 2.75) is 38.1 Å². The quantitative estimate of drug-likeness (QED) is 0.491. The van der Waals surface area contributed by atoms with Crippen LogP contribution in [0.25, 0.3) is 0 Å². The molecule has 1 aliphatic carbocycles. The van der Waals surface area contributed by atoms with Gasteiger partial charge in [-0.25, -0.2) is 0 Å². The second-order valence-electron chi connectivity index (χ2n) is 2.54. The summed E-state index contributed by atoms with van der Waals surface area (Å²) < 4.78 is 1.91. The normalized spacial score (nSPS) is 23.2. The number of hydrogen-bond donors (Lipinski definition) is 0. The maximum atomic E-state index is 4.35. The third-order valence-electron chi connectivity index (χ3n) is 1.84. The lowest BCUT2D eigenvalue weighted by molar-refractivity contribution is 0.445. The van der Waals surface area contributed by atoms with Gasteiger partial charge in [0.2, 0.25) is 0 Å². The molecule has 0 heterocycles. The van der Waals surface area contributed by atoms with E-state index in [9.17, 15) is 0 Å². The Labute approximate surface area is 70.1 Å². The van der Waals surface area contributed by atoms with Crippen LogP contribution in [0.3, 0.4) is 0 Å². The minimum atomic E-state index is 0.663. The Balaban J connectivity index is 2.23. The second kappa shape index (κ2) is 4.25. The molecule has 0 atom stereocenters. The fourth-order valence-corrected chi connectivity index (χ4v) is 1.76. The molecule has 0 N–H and O–H groups in total. The van der Waals surface area contributed by atoms with Crippen LogP contribution < -0.4 is 0 Å². The third kappa shape index (κ3) is 2.65. The van der Waals surface area contributed by atoms with Gasteiger partial charge in [-0.1, -0.05) is 19.3 Å². The van der Waals surface area contributed by atoms with Crippen molar-refractivity contribution >= 4 is 26.8 Å². The first kappa shape index (κ1) is 7.51. The van der Waals surface area contributed by atoms with E-state index in [1.807, 2.05) is 4.22 Å². The standard InChI is InChI=1S/C7H12IN/c8-6-9-7-4-2-1-3-5-7/h6-7H,1-5H2. The molecule has 1 nitrogen and oxygen atoms in total. The van der Waals surface area contributed by atoms with Gasteiger partial charge in [-0.2, -0.15) is 0 Å². The van der Waals surface area contributed by atoms with E-state index in [0.717, 1.165) is 0 Å². The fourth-order valence-electron chi connectivity index (χ4n) is 1.31. The van der Waals surface area contributed by atoms with Crippen molar-refractivity contribution in [3.05, 3.63) is 0 Å². The highest BCUT2D eigenvalue weighted by Gasteiger charge is 2.09. The molecule has 0 spiro atoms. The van der Waals surface area contributed by atoms with Crippen molar-refractivity contribution in [3.8, 4) is 0 Å². The van der Waals surface area contributed by atoms with E-state index < -0.39 is 0 Å². The van der Waals surface area contributed by atoms with Crippen LogP contribution in [0.1, 0.15) is 32.1 Å². The first-order valence-electron chi connectivity index (χ1n) is 3.55. The summed E-state index contributed by atoms with van der Waals surface area (Å²) in [6.07, 6.45) is 6.84. The predicted molar refractivity (Wildman–Crippen MR) is 49.4 cm³/mol. The van der Waals surface area contributed by atoms with Crippen molar-refractivity contribution in [1.82, 2.24) is 0 Å². The van der Waals surface area contributed by atoms with Crippen LogP contribution in [0.4, 0.5) is 0 Å². The zero-order valence-electron chi connectivity index (χ0n) is 5.52. The van der Waals surface area contributed by atoms with Crippen LogP contribution in [0.5, 0.6) is 0 Å². The van der Waals surface area contributed by atoms with Crippen LogP contribution in [0, 0.1) is 0 Å². The smallest absolute Gasteiger partial charge is 0.0599 e. The largest absolute Gasteiger partial charge is 0.283 e. The van der Waals surface area contributed by atoms with Gasteiger partial charge >= 0.3 is 0 Å². The minimum absolute atomic E-state index is 0.663. The monoisotopic (exact) mass is 237 g/mol. The Hall–Kier alpha value is 0.400. The average Bonchev–Trinajstić information content (AvgIpc) is 1.91. The molecule has 1 rings (SSSR count). The lowest BCUT2D eigenvalue weighted by atomic mass is 9.96. The highest BCUT2D eigenvalue weighted by atomic mass is 127. The summed E-state index contributed by atoms with van der Waals surface area (Å²) in [7, 11) is 0. The molecule has 52 valence electrons. The molecule has 0 unspecified atom stereocenters. The van der Waals surface area contributed by atoms with Crippen LogP contribution in [0.2, 0.25) is 0 Å². The summed E-state index contributed by atoms with van der Waals surface area (Å²) in [5.74, 6) is 0. The van der Waals surface area contributed by atoms with Crippen LogP contribution >= 0.6 is 22.6 Å². The second-order valence-corrected chi connectivity index (χ2v) is 3.10. The summed E-state index contributed by atoms with van der Waals surface area (Å²) in [6.45, 7) is 0. The first-order chi connectivity index (χ1) is 4.43. The Morgan fingerprint density at radius 1 is 1.22 bits per heavy atom. The SMILES string of the molecule is IC=NC1CCCCC1. The van der Waals surface area contributed by atoms with Crippen LogP contribution in [-0.4, -0.2) is 10.3 Å². The maximum absolute atomic E-state index is 4.35. The Bertz CT molecular complexity index is 95.1. The summed E-state index contributed by atoms with van der Waals surface area (Å²) in [4.78, 5) is 4.35. The van der Waals surface area contributed by atoms with Gasteiger partial charge in [0.15, 0.2) is 0 Å². The molecule has 1 fully saturated rings. The molecule has 0 radical (unpaired) electrons. The van der Waals surface area contributed by atoms with E-state index in [0.29, 0.717) is 6.04 Å². The lowest BCUT2D eigenvalue weighted by Gasteiger charge is -2.16. The molecule has 0 aromatic rings. The minimum Gasteiger partial charge on any atom is -0.283 e. The van der Waals surface area contributed by atoms with Crippen molar-refractivity contribution < 1.29 is 0 Å². The Morgan fingerprint density at radius 2 is 1.89 bits per heavy atom. The van der Waals surface area contributed by atoms with Gasteiger partial charge in [-0.3, -0.25) is 4.99 Å². The van der Waals surface area contributed by atoms with E-state index in [4.69, 9.17) is 0 Å². The molecule has 9 heavy (non-hydrogen) atoms. The van der Waals surface area contributed by atoms with Crippen molar-refractivity contribution in [1.29, 1.82) is 0 Å². The fraction of sp³-hybridized carbons (Fsp3) is 0.857. The summed E-state index contributed by atoms with van der Waals surface area (Å²) in [5, 5.41) is 0. The maximum Gasteiger partial charge on any atom is 0.0599 e. The number of halogens is 1. The van der Waals surface area contributed by atoms with Crippen molar-refractivity contribution in [2.75, 3.05) is 0 Å². The Morgan fingerprint density at radius 3 is 2.44 bits per heavy atom. The Kier molecular flexibility index (Phi) is 3.55. The number of aliphatic imine (C=N–C) groups is 1. The molecule has 0 amide bonds. The summed E-state index contributed by atoms with van der Waals surface area (Å²) >= 11 is 2.20. The highest BCUT2D eigenvalue weighted by molar-refractivity contribution is 14.1. The number of rotatable bonds is 1. The molecule has 0 aromatic carbocycles. The molecule has 1 aliphatic rings. The van der Waals surface area contributed by atoms with Gasteiger partial charge in [0.25, 0.3) is 0 Å². The molecule has 1 saturated carbocycles. The van der Waals surface area contributed by atoms with E-state index in [2.05, 4.69) is 27.6 Å². The average molecular weight is 237 g/mol. The zero-order valence-corrected chi connectivity index (χ0v) is 7.67. The molecule has 0 aliphatic heterocycles. The van der Waals surface area contributed by atoms with Gasteiger partial charge in [-0.15, -0.1) is 0 Å². The predicted octanol–water partition coefficient (Wildman–Crippen LogP) is 2.78. The van der Waals surface area contributed by atoms with Gasteiger partial charge < -0.3 is 0 Å². The van der Waals surface area contributed by atoms with Gasteiger partial charge in [-0.05, 0) is 35.4 Å². The summed E-state index contributed by atoms with van der Waals surface area (Å²) in [5.41, 5.74) is 0. The molecule has 0 aromatic heterocycles. The summed E-state index contributed by atoms with van der Waals surface area (Å²) in [6, 6.07) is 0.663. The molecule has 2 heteroatoms. The van der Waals surface area contributed by atoms with E-state index in [1.165, 1.54) is 32.1 Å². The highest BCUT2D eigenvalue weighted by Crippen LogP contribution is 2.19. The molecule has 0 saturated heterocycles. The van der Waals surface area contributed by atoms with E-state index >= 15 is 0 Å². The zero-order chi connectivity index (χ0) is 6.53. The van der Waals surface area contributed by atoms with Crippen molar-refractivity contribution in [2.24, 2.45) is 4.99 Å². The number of hydrogen-bond acceptors (Lipinski definition) is 1. The number of nitrogens with zero attached hydrogens (tertiary/aromatic N) is 1. The first-order valence-corrected chi connectivity index (χ1v) is 4.80. The van der Waals surface area contributed by atoms with E-state index in [-0.39, 0.29) is 0 Å². The third-order valence-corrected chi connectivity index (χ3v) is 2.16. The topological polar surface area (TPSA) is 12.4 Å².